The van der Waals surface area contributed by atoms with Gasteiger partial charge >= 0.3 is 0 Å². The van der Waals surface area contributed by atoms with Crippen LogP contribution in [0.4, 0.5) is 4.39 Å². The monoisotopic (exact) mass is 247 g/mol. The number of halogens is 2. The maximum atomic E-state index is 13.0. The molecule has 1 atom stereocenters. The van der Waals surface area contributed by atoms with Crippen LogP contribution in [-0.4, -0.2) is 7.11 Å². The van der Waals surface area contributed by atoms with E-state index in [-0.39, 0.29) is 29.7 Å². The zero-order valence-electron chi connectivity index (χ0n) is 10.1. The first-order valence-electron chi connectivity index (χ1n) is 4.95. The van der Waals surface area contributed by atoms with Gasteiger partial charge in [-0.1, -0.05) is 26.8 Å². The highest BCUT2D eigenvalue weighted by molar-refractivity contribution is 5.85. The molecular weight excluding hydrogens is 229 g/mol. The number of ether oxygens (including phenoxy) is 1. The Morgan fingerprint density at radius 3 is 2.31 bits per heavy atom. The second-order valence-corrected chi connectivity index (χ2v) is 4.73. The second-order valence-electron chi connectivity index (χ2n) is 4.73. The molecule has 0 aliphatic carbocycles. The summed E-state index contributed by atoms with van der Waals surface area (Å²) in [5.41, 5.74) is 6.86. The Morgan fingerprint density at radius 2 is 1.88 bits per heavy atom. The van der Waals surface area contributed by atoms with Crippen LogP contribution < -0.4 is 10.5 Å². The lowest BCUT2D eigenvalue weighted by Crippen LogP contribution is -2.26. The molecule has 0 amide bonds. The van der Waals surface area contributed by atoms with Gasteiger partial charge in [-0.2, -0.15) is 0 Å². The molecule has 1 aromatic rings. The second kappa shape index (κ2) is 5.51. The van der Waals surface area contributed by atoms with E-state index in [1.165, 1.54) is 19.2 Å². The van der Waals surface area contributed by atoms with Crippen molar-refractivity contribution in [2.45, 2.75) is 26.8 Å². The fourth-order valence-corrected chi connectivity index (χ4v) is 1.41. The highest BCUT2D eigenvalue weighted by Crippen LogP contribution is 2.35. The molecule has 0 aliphatic rings. The SMILES string of the molecule is COc1cc(F)ccc1[C@H](N)C(C)(C)C.Cl. The lowest BCUT2D eigenvalue weighted by Gasteiger charge is -2.28. The minimum Gasteiger partial charge on any atom is -0.496 e. The molecule has 0 saturated heterocycles. The fraction of sp³-hybridized carbons (Fsp3) is 0.500. The van der Waals surface area contributed by atoms with Gasteiger partial charge in [-0.3, -0.25) is 0 Å². The van der Waals surface area contributed by atoms with Gasteiger partial charge in [-0.25, -0.2) is 4.39 Å². The maximum absolute atomic E-state index is 13.0. The van der Waals surface area contributed by atoms with Crippen LogP contribution in [0.25, 0.3) is 0 Å². The van der Waals surface area contributed by atoms with Crippen LogP contribution in [0.3, 0.4) is 0 Å². The van der Waals surface area contributed by atoms with E-state index in [4.69, 9.17) is 10.5 Å². The number of benzene rings is 1. The highest BCUT2D eigenvalue weighted by Gasteiger charge is 2.25. The van der Waals surface area contributed by atoms with Crippen LogP contribution >= 0.6 is 12.4 Å². The minimum atomic E-state index is -0.309. The summed E-state index contributed by atoms with van der Waals surface area (Å²) in [5.74, 6) is 0.203. The molecule has 92 valence electrons. The van der Waals surface area contributed by atoms with Crippen LogP contribution in [0.15, 0.2) is 18.2 Å². The normalized spacial score (nSPS) is 12.9. The van der Waals surface area contributed by atoms with Crippen molar-refractivity contribution in [3.05, 3.63) is 29.6 Å². The third kappa shape index (κ3) is 3.35. The van der Waals surface area contributed by atoms with Gasteiger partial charge in [0.1, 0.15) is 11.6 Å². The molecule has 0 saturated carbocycles. The van der Waals surface area contributed by atoms with Crippen LogP contribution in [0.5, 0.6) is 5.75 Å². The predicted molar refractivity (Wildman–Crippen MR) is 66.6 cm³/mol. The third-order valence-electron chi connectivity index (χ3n) is 2.46. The van der Waals surface area contributed by atoms with Gasteiger partial charge in [0.2, 0.25) is 0 Å². The first-order valence-corrected chi connectivity index (χ1v) is 4.95. The molecule has 1 rings (SSSR count). The standard InChI is InChI=1S/C12H18FNO.ClH/c1-12(2,3)11(14)9-6-5-8(13)7-10(9)15-4;/h5-7,11H,14H2,1-4H3;1H/t11-;/m0./s1. The van der Waals surface area contributed by atoms with Crippen molar-refractivity contribution in [2.75, 3.05) is 7.11 Å². The van der Waals surface area contributed by atoms with E-state index in [9.17, 15) is 4.39 Å². The highest BCUT2D eigenvalue weighted by atomic mass is 35.5. The van der Waals surface area contributed by atoms with Gasteiger partial charge in [0.15, 0.2) is 0 Å². The Bertz CT molecular complexity index is 349. The largest absolute Gasteiger partial charge is 0.496 e. The molecular formula is C12H19ClFNO. The molecule has 1 aromatic carbocycles. The molecule has 0 radical (unpaired) electrons. The number of rotatable bonds is 2. The van der Waals surface area contributed by atoms with Crippen molar-refractivity contribution in [3.63, 3.8) is 0 Å². The van der Waals surface area contributed by atoms with Gasteiger partial charge in [0, 0.05) is 17.7 Å². The zero-order chi connectivity index (χ0) is 11.6. The van der Waals surface area contributed by atoms with Crippen LogP contribution in [-0.2, 0) is 0 Å². The molecule has 0 unspecified atom stereocenters. The van der Waals surface area contributed by atoms with Gasteiger partial charge < -0.3 is 10.5 Å². The molecule has 0 aliphatic heterocycles. The van der Waals surface area contributed by atoms with Crippen molar-refractivity contribution >= 4 is 12.4 Å². The summed E-state index contributed by atoms with van der Waals surface area (Å²) in [7, 11) is 1.52. The molecule has 0 heterocycles. The van der Waals surface area contributed by atoms with E-state index in [0.717, 1.165) is 5.56 Å². The number of hydrogen-bond acceptors (Lipinski definition) is 2. The summed E-state index contributed by atoms with van der Waals surface area (Å²) in [6.45, 7) is 6.13. The first-order chi connectivity index (χ1) is 6.86. The number of methoxy groups -OCH3 is 1. The van der Waals surface area contributed by atoms with Crippen molar-refractivity contribution in [3.8, 4) is 5.75 Å². The van der Waals surface area contributed by atoms with Crippen LogP contribution in [0, 0.1) is 11.2 Å². The summed E-state index contributed by atoms with van der Waals surface area (Å²) in [6.07, 6.45) is 0. The van der Waals surface area contributed by atoms with Crippen molar-refractivity contribution in [1.82, 2.24) is 0 Å². The smallest absolute Gasteiger partial charge is 0.126 e. The molecule has 0 spiro atoms. The van der Waals surface area contributed by atoms with Crippen LogP contribution in [0.2, 0.25) is 0 Å². The molecule has 4 heteroatoms. The topological polar surface area (TPSA) is 35.2 Å². The van der Waals surface area contributed by atoms with Crippen molar-refractivity contribution < 1.29 is 9.13 Å². The number of hydrogen-bond donors (Lipinski definition) is 1. The Labute approximate surface area is 102 Å². The van der Waals surface area contributed by atoms with Crippen molar-refractivity contribution in [2.24, 2.45) is 11.1 Å². The molecule has 0 bridgehead atoms. The van der Waals surface area contributed by atoms with E-state index in [1.807, 2.05) is 20.8 Å². The first kappa shape index (κ1) is 15.2. The average Bonchev–Trinajstić information content (AvgIpc) is 2.15. The third-order valence-corrected chi connectivity index (χ3v) is 2.46. The predicted octanol–water partition coefficient (Wildman–Crippen LogP) is 3.30. The lowest BCUT2D eigenvalue weighted by atomic mass is 9.83. The van der Waals surface area contributed by atoms with Crippen LogP contribution in [0.1, 0.15) is 32.4 Å². The Balaban J connectivity index is 0.00000225. The molecule has 2 nitrogen and oxygen atoms in total. The fourth-order valence-electron chi connectivity index (χ4n) is 1.41. The Morgan fingerprint density at radius 1 is 1.31 bits per heavy atom. The Hall–Kier alpha value is -0.800. The van der Waals surface area contributed by atoms with Gasteiger partial charge in [-0.05, 0) is 11.5 Å². The molecule has 0 aromatic heterocycles. The van der Waals surface area contributed by atoms with Gasteiger partial charge in [0.05, 0.1) is 7.11 Å². The van der Waals surface area contributed by atoms with E-state index >= 15 is 0 Å². The van der Waals surface area contributed by atoms with Gasteiger partial charge in [-0.15, -0.1) is 12.4 Å². The van der Waals surface area contributed by atoms with Gasteiger partial charge in [0.25, 0.3) is 0 Å². The number of nitrogens with two attached hydrogens (primary N) is 1. The summed E-state index contributed by atoms with van der Waals surface area (Å²) < 4.78 is 18.1. The summed E-state index contributed by atoms with van der Waals surface area (Å²) in [5, 5.41) is 0. The van der Waals surface area contributed by atoms with Crippen molar-refractivity contribution in [1.29, 1.82) is 0 Å². The maximum Gasteiger partial charge on any atom is 0.126 e. The summed E-state index contributed by atoms with van der Waals surface area (Å²) >= 11 is 0. The lowest BCUT2D eigenvalue weighted by molar-refractivity contribution is 0.313. The zero-order valence-corrected chi connectivity index (χ0v) is 10.9. The summed E-state index contributed by atoms with van der Waals surface area (Å²) in [4.78, 5) is 0. The quantitative estimate of drug-likeness (QED) is 0.870. The Kier molecular flexibility index (Phi) is 5.23. The van der Waals surface area contributed by atoms with E-state index in [2.05, 4.69) is 0 Å². The average molecular weight is 248 g/mol. The van der Waals surface area contributed by atoms with E-state index in [1.54, 1.807) is 6.07 Å². The van der Waals surface area contributed by atoms with E-state index in [0.29, 0.717) is 5.75 Å². The summed E-state index contributed by atoms with van der Waals surface area (Å²) in [6, 6.07) is 4.28. The molecule has 16 heavy (non-hydrogen) atoms. The molecule has 2 N–H and O–H groups in total. The minimum absolute atomic E-state index is 0. The molecule has 0 fully saturated rings. The van der Waals surface area contributed by atoms with E-state index < -0.39 is 0 Å².